The number of benzene rings is 1. The Balaban J connectivity index is 2.27. The Hall–Kier alpha value is -1.33. The number of sulfone groups is 1. The third-order valence-electron chi connectivity index (χ3n) is 2.90. The van der Waals surface area contributed by atoms with Crippen molar-refractivity contribution in [1.82, 2.24) is 5.16 Å². The third-order valence-corrected chi connectivity index (χ3v) is 5.26. The highest BCUT2D eigenvalue weighted by Crippen LogP contribution is 2.30. The number of hydrogen-bond acceptors (Lipinski definition) is 4. The van der Waals surface area contributed by atoms with Crippen LogP contribution in [0.15, 0.2) is 34.9 Å². The van der Waals surface area contributed by atoms with Crippen molar-refractivity contribution in [3.8, 4) is 0 Å². The first-order valence-electron chi connectivity index (χ1n) is 5.78. The van der Waals surface area contributed by atoms with E-state index in [1.807, 2.05) is 0 Å². The Morgan fingerprint density at radius 3 is 2.63 bits per heavy atom. The van der Waals surface area contributed by atoms with Crippen LogP contribution in [0.1, 0.15) is 29.2 Å². The van der Waals surface area contributed by atoms with E-state index in [9.17, 15) is 8.42 Å². The quantitative estimate of drug-likeness (QED) is 0.869. The summed E-state index contributed by atoms with van der Waals surface area (Å²) in [5.41, 5.74) is 1.26. The summed E-state index contributed by atoms with van der Waals surface area (Å²) >= 11 is 6.03. The smallest absolute Gasteiger partial charge is 0.164 e. The normalized spacial score (nSPS) is 13.4. The molecule has 0 amide bonds. The van der Waals surface area contributed by atoms with Crippen molar-refractivity contribution in [1.29, 1.82) is 0 Å². The minimum absolute atomic E-state index is 0.180. The van der Waals surface area contributed by atoms with Gasteiger partial charge in [-0.2, -0.15) is 0 Å². The molecule has 0 N–H and O–H groups in total. The van der Waals surface area contributed by atoms with Crippen molar-refractivity contribution < 1.29 is 12.9 Å². The maximum Gasteiger partial charge on any atom is 0.164 e. The molecule has 2 aromatic rings. The van der Waals surface area contributed by atoms with Gasteiger partial charge in [-0.3, -0.25) is 0 Å². The minimum Gasteiger partial charge on any atom is -0.360 e. The van der Waals surface area contributed by atoms with Crippen molar-refractivity contribution in [2.24, 2.45) is 0 Å². The standard InChI is InChI=1S/C13H14ClNO3S/c1-9-7-11(18-15-9)8-19(16,17)10(2)12-5-3-4-6-13(12)14/h3-7,10H,8H2,1-2H3. The van der Waals surface area contributed by atoms with Gasteiger partial charge < -0.3 is 4.52 Å². The lowest BCUT2D eigenvalue weighted by Gasteiger charge is -2.13. The summed E-state index contributed by atoms with van der Waals surface area (Å²) in [5, 5.41) is 3.45. The highest BCUT2D eigenvalue weighted by Gasteiger charge is 2.26. The van der Waals surface area contributed by atoms with Gasteiger partial charge in [0, 0.05) is 11.1 Å². The second kappa shape index (κ2) is 5.35. The van der Waals surface area contributed by atoms with Crippen molar-refractivity contribution >= 4 is 21.4 Å². The van der Waals surface area contributed by atoms with Crippen LogP contribution in [0.3, 0.4) is 0 Å². The molecule has 1 aromatic carbocycles. The van der Waals surface area contributed by atoms with Gasteiger partial charge >= 0.3 is 0 Å². The summed E-state index contributed by atoms with van der Waals surface area (Å²) in [6, 6.07) is 8.56. The SMILES string of the molecule is Cc1cc(CS(=O)(=O)C(C)c2ccccc2Cl)on1. The van der Waals surface area contributed by atoms with E-state index in [1.54, 1.807) is 44.2 Å². The van der Waals surface area contributed by atoms with E-state index in [4.69, 9.17) is 16.1 Å². The number of rotatable bonds is 4. The van der Waals surface area contributed by atoms with E-state index in [1.165, 1.54) is 0 Å². The fourth-order valence-electron chi connectivity index (χ4n) is 1.81. The first-order chi connectivity index (χ1) is 8.90. The van der Waals surface area contributed by atoms with Gasteiger partial charge in [0.15, 0.2) is 15.6 Å². The zero-order chi connectivity index (χ0) is 14.0. The van der Waals surface area contributed by atoms with Crippen molar-refractivity contribution in [3.05, 3.63) is 52.4 Å². The van der Waals surface area contributed by atoms with Gasteiger partial charge in [0.25, 0.3) is 0 Å². The van der Waals surface area contributed by atoms with Crippen LogP contribution in [0.2, 0.25) is 5.02 Å². The monoisotopic (exact) mass is 299 g/mol. The number of halogens is 1. The van der Waals surface area contributed by atoms with E-state index < -0.39 is 15.1 Å². The second-order valence-electron chi connectivity index (χ2n) is 4.41. The summed E-state index contributed by atoms with van der Waals surface area (Å²) < 4.78 is 29.6. The molecule has 19 heavy (non-hydrogen) atoms. The van der Waals surface area contributed by atoms with Gasteiger partial charge in [0.05, 0.1) is 10.9 Å². The molecule has 4 nitrogen and oxygen atoms in total. The molecule has 0 saturated heterocycles. The highest BCUT2D eigenvalue weighted by molar-refractivity contribution is 7.90. The molecule has 1 atom stereocenters. The van der Waals surface area contributed by atoms with E-state index in [0.29, 0.717) is 22.0 Å². The van der Waals surface area contributed by atoms with Crippen LogP contribution in [0.25, 0.3) is 0 Å². The molecule has 1 aromatic heterocycles. The first-order valence-corrected chi connectivity index (χ1v) is 7.87. The fourth-order valence-corrected chi connectivity index (χ4v) is 3.54. The first kappa shape index (κ1) is 14.1. The molecule has 102 valence electrons. The molecule has 0 aliphatic heterocycles. The molecule has 1 heterocycles. The number of hydrogen-bond donors (Lipinski definition) is 0. The molecule has 0 radical (unpaired) electrons. The van der Waals surface area contributed by atoms with E-state index >= 15 is 0 Å². The van der Waals surface area contributed by atoms with Crippen LogP contribution in [0.4, 0.5) is 0 Å². The summed E-state index contributed by atoms with van der Waals surface area (Å²) in [6.45, 7) is 3.37. The molecule has 0 fully saturated rings. The van der Waals surface area contributed by atoms with Crippen molar-refractivity contribution in [3.63, 3.8) is 0 Å². The predicted octanol–water partition coefficient (Wildman–Crippen LogP) is 3.31. The molecule has 0 aliphatic carbocycles. The van der Waals surface area contributed by atoms with Crippen LogP contribution < -0.4 is 0 Å². The Morgan fingerprint density at radius 1 is 1.37 bits per heavy atom. The number of nitrogens with zero attached hydrogens (tertiary/aromatic N) is 1. The third kappa shape index (κ3) is 3.16. The van der Waals surface area contributed by atoms with Crippen LogP contribution in [-0.2, 0) is 15.6 Å². The Bertz CT molecular complexity index is 679. The van der Waals surface area contributed by atoms with Gasteiger partial charge in [-0.25, -0.2) is 8.42 Å². The topological polar surface area (TPSA) is 60.2 Å². The van der Waals surface area contributed by atoms with Gasteiger partial charge in [-0.15, -0.1) is 0 Å². The maximum absolute atomic E-state index is 12.3. The summed E-state index contributed by atoms with van der Waals surface area (Å²) in [5.74, 6) is 0.164. The Kier molecular flexibility index (Phi) is 3.96. The van der Waals surface area contributed by atoms with Crippen LogP contribution >= 0.6 is 11.6 Å². The van der Waals surface area contributed by atoms with Gasteiger partial charge in [0.2, 0.25) is 0 Å². The molecule has 0 saturated carbocycles. The highest BCUT2D eigenvalue weighted by atomic mass is 35.5. The molecule has 0 spiro atoms. The van der Waals surface area contributed by atoms with E-state index in [2.05, 4.69) is 5.16 Å². The molecule has 6 heteroatoms. The summed E-state index contributed by atoms with van der Waals surface area (Å²) in [7, 11) is -3.39. The number of aryl methyl sites for hydroxylation is 1. The van der Waals surface area contributed by atoms with Crippen LogP contribution in [0.5, 0.6) is 0 Å². The fraction of sp³-hybridized carbons (Fsp3) is 0.308. The minimum atomic E-state index is -3.39. The zero-order valence-electron chi connectivity index (χ0n) is 10.6. The molecule has 1 unspecified atom stereocenters. The molecule has 0 bridgehead atoms. The largest absolute Gasteiger partial charge is 0.360 e. The Morgan fingerprint density at radius 2 is 2.05 bits per heavy atom. The van der Waals surface area contributed by atoms with Gasteiger partial charge in [-0.05, 0) is 25.5 Å². The average molecular weight is 300 g/mol. The predicted molar refractivity (Wildman–Crippen MR) is 73.7 cm³/mol. The maximum atomic E-state index is 12.3. The van der Waals surface area contributed by atoms with Gasteiger partial charge in [-0.1, -0.05) is 35.0 Å². The van der Waals surface area contributed by atoms with E-state index in [-0.39, 0.29) is 5.75 Å². The summed E-state index contributed by atoms with van der Waals surface area (Å²) in [4.78, 5) is 0. The number of aromatic nitrogens is 1. The lowest BCUT2D eigenvalue weighted by atomic mass is 10.2. The molecular weight excluding hydrogens is 286 g/mol. The van der Waals surface area contributed by atoms with E-state index in [0.717, 1.165) is 0 Å². The van der Waals surface area contributed by atoms with Crippen LogP contribution in [-0.4, -0.2) is 13.6 Å². The average Bonchev–Trinajstić information content (AvgIpc) is 2.73. The molecule has 0 aliphatic rings. The van der Waals surface area contributed by atoms with Crippen LogP contribution in [0, 0.1) is 6.92 Å². The molecule has 2 rings (SSSR count). The Labute approximate surface area is 117 Å². The second-order valence-corrected chi connectivity index (χ2v) is 7.13. The van der Waals surface area contributed by atoms with Crippen molar-refractivity contribution in [2.75, 3.05) is 0 Å². The lowest BCUT2D eigenvalue weighted by Crippen LogP contribution is -2.13. The van der Waals surface area contributed by atoms with Crippen molar-refractivity contribution in [2.45, 2.75) is 24.9 Å². The zero-order valence-corrected chi connectivity index (χ0v) is 12.2. The molecular formula is C13H14ClNO3S. The lowest BCUT2D eigenvalue weighted by molar-refractivity contribution is 0.388. The summed E-state index contributed by atoms with van der Waals surface area (Å²) in [6.07, 6.45) is 0. The van der Waals surface area contributed by atoms with Gasteiger partial charge in [0.1, 0.15) is 5.75 Å².